The van der Waals surface area contributed by atoms with Crippen LogP contribution in [0.5, 0.6) is 0 Å². The van der Waals surface area contributed by atoms with Crippen LogP contribution < -0.4 is 0 Å². The first-order valence-corrected chi connectivity index (χ1v) is 8.68. The van der Waals surface area contributed by atoms with Gasteiger partial charge in [0, 0.05) is 0 Å². The Morgan fingerprint density at radius 1 is 1.07 bits per heavy atom. The van der Waals surface area contributed by atoms with E-state index in [4.69, 9.17) is 14.2 Å². The molecule has 7 nitrogen and oxygen atoms in total. The summed E-state index contributed by atoms with van der Waals surface area (Å²) < 4.78 is 16.1. The number of carbonyl (C=O) groups excluding carboxylic acids is 2. The molecule has 0 saturated carbocycles. The van der Waals surface area contributed by atoms with E-state index in [1.165, 1.54) is 6.92 Å². The van der Waals surface area contributed by atoms with Crippen molar-refractivity contribution in [2.75, 3.05) is 6.61 Å². The molecule has 28 heavy (non-hydrogen) atoms. The minimum Gasteiger partial charge on any atom is -0.459 e. The Morgan fingerprint density at radius 2 is 1.61 bits per heavy atom. The lowest BCUT2D eigenvalue weighted by atomic mass is 9.85. The molecular weight excluding hydrogens is 362 g/mol. The highest BCUT2D eigenvalue weighted by molar-refractivity contribution is 5.90. The smallest absolute Gasteiger partial charge is 0.338 e. The summed E-state index contributed by atoms with van der Waals surface area (Å²) in [7, 11) is 0. The van der Waals surface area contributed by atoms with E-state index in [2.05, 4.69) is 0 Å². The van der Waals surface area contributed by atoms with Crippen LogP contribution in [-0.4, -0.2) is 42.1 Å². The zero-order chi connectivity index (χ0) is 20.1. The van der Waals surface area contributed by atoms with Crippen molar-refractivity contribution in [3.05, 3.63) is 71.8 Å². The van der Waals surface area contributed by atoms with Gasteiger partial charge in [-0.3, -0.25) is 0 Å². The molecule has 7 heteroatoms. The highest BCUT2D eigenvalue weighted by Gasteiger charge is 2.56. The van der Waals surface area contributed by atoms with Crippen LogP contribution in [0.15, 0.2) is 60.7 Å². The molecule has 0 aliphatic carbocycles. The van der Waals surface area contributed by atoms with Crippen molar-refractivity contribution in [3.63, 3.8) is 0 Å². The quantitative estimate of drug-likeness (QED) is 0.792. The number of esters is 2. The largest absolute Gasteiger partial charge is 0.459 e. The topological polar surface area (TPSA) is 106 Å². The Morgan fingerprint density at radius 3 is 2.14 bits per heavy atom. The Labute approximate surface area is 162 Å². The van der Waals surface area contributed by atoms with E-state index in [-0.39, 0.29) is 6.61 Å². The summed E-state index contributed by atoms with van der Waals surface area (Å²) in [6.45, 7) is 1.15. The van der Waals surface area contributed by atoms with Crippen LogP contribution in [0.3, 0.4) is 0 Å². The van der Waals surface area contributed by atoms with Crippen molar-refractivity contribution in [1.29, 1.82) is 5.26 Å². The summed E-state index contributed by atoms with van der Waals surface area (Å²) in [5.74, 6) is -1.25. The summed E-state index contributed by atoms with van der Waals surface area (Å²) >= 11 is 0. The molecule has 0 amide bonds. The molecular formula is C21H19NO6. The molecule has 1 saturated heterocycles. The van der Waals surface area contributed by atoms with Gasteiger partial charge in [-0.1, -0.05) is 36.4 Å². The van der Waals surface area contributed by atoms with Crippen LogP contribution in [-0.2, 0) is 14.2 Å². The molecule has 3 rings (SSSR count). The van der Waals surface area contributed by atoms with Gasteiger partial charge in [0.1, 0.15) is 18.1 Å². The van der Waals surface area contributed by atoms with Crippen LogP contribution in [0.2, 0.25) is 0 Å². The van der Waals surface area contributed by atoms with E-state index in [1.807, 2.05) is 6.07 Å². The SMILES string of the molecule is C[C@]1(C#N)[C@H](O)OC(COC(=O)c2ccccc2)[C@H]1OC(=O)c1ccccc1. The van der Waals surface area contributed by atoms with Crippen LogP contribution in [0, 0.1) is 16.7 Å². The van der Waals surface area contributed by atoms with E-state index in [0.29, 0.717) is 11.1 Å². The third kappa shape index (κ3) is 3.88. The first kappa shape index (κ1) is 19.5. The standard InChI is InChI=1S/C21H19NO6/c1-21(13-22)17(28-19(24)15-10-6-3-7-11-15)16(27-20(21)25)12-26-18(23)14-8-4-2-5-9-14/h2-11,16-17,20,25H,12H2,1H3/t16?,17-,20-,21-/m1/s1. The van der Waals surface area contributed by atoms with Crippen molar-refractivity contribution in [2.24, 2.45) is 5.41 Å². The summed E-state index contributed by atoms with van der Waals surface area (Å²) in [6, 6.07) is 18.6. The van der Waals surface area contributed by atoms with Crippen LogP contribution in [0.1, 0.15) is 27.6 Å². The summed E-state index contributed by atoms with van der Waals surface area (Å²) in [5.41, 5.74) is -0.861. The van der Waals surface area contributed by atoms with E-state index in [1.54, 1.807) is 60.7 Å². The van der Waals surface area contributed by atoms with E-state index >= 15 is 0 Å². The number of hydrogen-bond donors (Lipinski definition) is 1. The fraction of sp³-hybridized carbons (Fsp3) is 0.286. The van der Waals surface area contributed by atoms with Gasteiger partial charge in [0.05, 0.1) is 17.2 Å². The molecule has 2 aromatic carbocycles. The van der Waals surface area contributed by atoms with E-state index < -0.39 is 35.9 Å². The number of aliphatic hydroxyl groups excluding tert-OH is 1. The maximum Gasteiger partial charge on any atom is 0.338 e. The molecule has 144 valence electrons. The zero-order valence-electron chi connectivity index (χ0n) is 15.1. The Hall–Kier alpha value is -3.21. The van der Waals surface area contributed by atoms with E-state index in [9.17, 15) is 20.0 Å². The molecule has 0 bridgehead atoms. The summed E-state index contributed by atoms with van der Waals surface area (Å²) in [4.78, 5) is 24.6. The minimum atomic E-state index is -1.51. The first-order chi connectivity index (χ1) is 13.5. The number of benzene rings is 2. The van der Waals surface area contributed by atoms with Crippen molar-refractivity contribution < 1.29 is 28.9 Å². The molecule has 1 fully saturated rings. The van der Waals surface area contributed by atoms with E-state index in [0.717, 1.165) is 0 Å². The molecule has 0 radical (unpaired) electrons. The average Bonchev–Trinajstić information content (AvgIpc) is 2.98. The third-order valence-electron chi connectivity index (χ3n) is 4.62. The Balaban J connectivity index is 1.74. The van der Waals surface area contributed by atoms with Gasteiger partial charge in [0.2, 0.25) is 0 Å². The number of nitrogens with zero attached hydrogens (tertiary/aromatic N) is 1. The van der Waals surface area contributed by atoms with Gasteiger partial charge in [-0.2, -0.15) is 5.26 Å². The molecule has 1 aliphatic heterocycles. The van der Waals surface area contributed by atoms with Crippen LogP contribution in [0.4, 0.5) is 0 Å². The maximum atomic E-state index is 12.4. The zero-order valence-corrected chi connectivity index (χ0v) is 15.1. The molecule has 1 unspecified atom stereocenters. The lowest BCUT2D eigenvalue weighted by Gasteiger charge is -2.26. The second-order valence-electron chi connectivity index (χ2n) is 6.58. The molecule has 4 atom stereocenters. The number of carbonyl (C=O) groups is 2. The predicted octanol–water partition coefficient (Wildman–Crippen LogP) is 2.32. The van der Waals surface area contributed by atoms with Gasteiger partial charge in [0.25, 0.3) is 0 Å². The van der Waals surface area contributed by atoms with Crippen molar-refractivity contribution in [3.8, 4) is 6.07 Å². The summed E-state index contributed by atoms with van der Waals surface area (Å²) in [5, 5.41) is 19.7. The highest BCUT2D eigenvalue weighted by atomic mass is 16.7. The Bertz CT molecular complexity index is 879. The molecule has 1 heterocycles. The molecule has 0 aromatic heterocycles. The molecule has 2 aromatic rings. The van der Waals surface area contributed by atoms with Gasteiger partial charge in [-0.25, -0.2) is 9.59 Å². The van der Waals surface area contributed by atoms with Gasteiger partial charge < -0.3 is 19.3 Å². The second-order valence-corrected chi connectivity index (χ2v) is 6.58. The van der Waals surface area contributed by atoms with Gasteiger partial charge in [0.15, 0.2) is 12.4 Å². The monoisotopic (exact) mass is 381 g/mol. The normalized spacial score (nSPS) is 26.2. The fourth-order valence-corrected chi connectivity index (χ4v) is 2.92. The van der Waals surface area contributed by atoms with Crippen LogP contribution in [0.25, 0.3) is 0 Å². The van der Waals surface area contributed by atoms with Crippen molar-refractivity contribution >= 4 is 11.9 Å². The van der Waals surface area contributed by atoms with Crippen molar-refractivity contribution in [2.45, 2.75) is 25.4 Å². The number of nitriles is 1. The predicted molar refractivity (Wildman–Crippen MR) is 97.0 cm³/mol. The number of rotatable bonds is 5. The lowest BCUT2D eigenvalue weighted by Crippen LogP contribution is -2.42. The maximum absolute atomic E-state index is 12.4. The third-order valence-corrected chi connectivity index (χ3v) is 4.62. The highest BCUT2D eigenvalue weighted by Crippen LogP contribution is 2.39. The van der Waals surface area contributed by atoms with Crippen LogP contribution >= 0.6 is 0 Å². The van der Waals surface area contributed by atoms with Gasteiger partial charge in [-0.15, -0.1) is 0 Å². The van der Waals surface area contributed by atoms with Gasteiger partial charge >= 0.3 is 11.9 Å². The fourth-order valence-electron chi connectivity index (χ4n) is 2.92. The number of hydrogen-bond acceptors (Lipinski definition) is 7. The minimum absolute atomic E-state index is 0.283. The van der Waals surface area contributed by atoms with Gasteiger partial charge in [-0.05, 0) is 31.2 Å². The number of ether oxygens (including phenoxy) is 3. The molecule has 0 spiro atoms. The first-order valence-electron chi connectivity index (χ1n) is 8.68. The lowest BCUT2D eigenvalue weighted by molar-refractivity contribution is -0.127. The Kier molecular flexibility index (Phi) is 5.73. The molecule has 1 N–H and O–H groups in total. The molecule has 1 aliphatic rings. The summed E-state index contributed by atoms with van der Waals surface area (Å²) in [6.07, 6.45) is -3.60. The average molecular weight is 381 g/mol. The second kappa shape index (κ2) is 8.21. The van der Waals surface area contributed by atoms with Crippen molar-refractivity contribution in [1.82, 2.24) is 0 Å². The number of aliphatic hydroxyl groups is 1.